The molecule has 0 amide bonds. The highest BCUT2D eigenvalue weighted by Crippen LogP contribution is 2.16. The Hall–Kier alpha value is -1.39. The van der Waals surface area contributed by atoms with Crippen LogP contribution in [0.15, 0.2) is 12.1 Å². The Labute approximate surface area is 88.8 Å². The number of hydrogen-bond donors (Lipinski definition) is 2. The Morgan fingerprint density at radius 3 is 2.67 bits per heavy atom. The molecule has 0 aliphatic carbocycles. The predicted molar refractivity (Wildman–Crippen MR) is 56.7 cm³/mol. The fourth-order valence-electron chi connectivity index (χ4n) is 1.41. The molecule has 0 aliphatic heterocycles. The molecule has 4 nitrogen and oxygen atoms in total. The smallest absolute Gasteiger partial charge is 0.335 e. The maximum atomic E-state index is 10.9. The summed E-state index contributed by atoms with van der Waals surface area (Å²) in [6, 6.07) is 3.62. The van der Waals surface area contributed by atoms with Gasteiger partial charge in [-0.1, -0.05) is 6.07 Å². The zero-order valence-electron chi connectivity index (χ0n) is 9.13. The second kappa shape index (κ2) is 4.91. The fraction of sp³-hybridized carbons (Fsp3) is 0.364. The van der Waals surface area contributed by atoms with Gasteiger partial charge in [0.25, 0.3) is 0 Å². The molecule has 0 aromatic heterocycles. The normalized spacial score (nSPS) is 10.3. The van der Waals surface area contributed by atoms with Gasteiger partial charge in [0.2, 0.25) is 0 Å². The quantitative estimate of drug-likeness (QED) is 0.740. The minimum Gasteiger partial charge on any atom is -0.478 e. The van der Waals surface area contributed by atoms with Gasteiger partial charge in [0.1, 0.15) is 0 Å². The summed E-state index contributed by atoms with van der Waals surface area (Å²) in [5.41, 5.74) is 5.72. The number of carbonyl (C=O) groups is 1. The van der Waals surface area contributed by atoms with Gasteiger partial charge in [0.05, 0.1) is 12.7 Å². The van der Waals surface area contributed by atoms with Crippen molar-refractivity contribution in [3.63, 3.8) is 0 Å². The Balaban J connectivity index is 3.06. The Kier molecular flexibility index (Phi) is 3.82. The summed E-state index contributed by atoms with van der Waals surface area (Å²) in [4.78, 5) is 15.7. The van der Waals surface area contributed by atoms with Crippen molar-refractivity contribution >= 4 is 5.97 Å². The van der Waals surface area contributed by atoms with E-state index in [1.54, 1.807) is 6.07 Å². The number of carboxylic acids is 1. The van der Waals surface area contributed by atoms with Crippen LogP contribution < -0.4 is 5.48 Å². The van der Waals surface area contributed by atoms with Crippen molar-refractivity contribution in [3.8, 4) is 0 Å². The molecule has 0 atom stereocenters. The van der Waals surface area contributed by atoms with Gasteiger partial charge in [0, 0.05) is 6.54 Å². The lowest BCUT2D eigenvalue weighted by Gasteiger charge is -2.09. The first-order chi connectivity index (χ1) is 7.06. The molecule has 0 bridgehead atoms. The average molecular weight is 209 g/mol. The van der Waals surface area contributed by atoms with Crippen LogP contribution in [-0.4, -0.2) is 18.2 Å². The molecule has 0 aliphatic rings. The molecule has 2 N–H and O–H groups in total. The largest absolute Gasteiger partial charge is 0.478 e. The Bertz CT molecular complexity index is 374. The zero-order chi connectivity index (χ0) is 11.4. The minimum absolute atomic E-state index is 0.350. The highest BCUT2D eigenvalue weighted by Gasteiger charge is 2.10. The van der Waals surface area contributed by atoms with Crippen LogP contribution in [0.1, 0.15) is 27.0 Å². The third-order valence-electron chi connectivity index (χ3n) is 2.38. The van der Waals surface area contributed by atoms with E-state index in [1.807, 2.05) is 19.9 Å². The third-order valence-corrected chi connectivity index (χ3v) is 2.38. The molecule has 0 heterocycles. The maximum absolute atomic E-state index is 10.9. The molecule has 0 spiro atoms. The van der Waals surface area contributed by atoms with Crippen molar-refractivity contribution in [3.05, 3.63) is 34.4 Å². The van der Waals surface area contributed by atoms with Crippen molar-refractivity contribution in [2.75, 3.05) is 7.11 Å². The summed E-state index contributed by atoms with van der Waals surface area (Å²) in [6.07, 6.45) is 0. The lowest BCUT2D eigenvalue weighted by atomic mass is 10.00. The molecular formula is C11H15NO3. The van der Waals surface area contributed by atoms with Crippen molar-refractivity contribution in [2.24, 2.45) is 0 Å². The van der Waals surface area contributed by atoms with Gasteiger partial charge in [-0.15, -0.1) is 0 Å². The molecule has 0 fully saturated rings. The van der Waals surface area contributed by atoms with Gasteiger partial charge in [-0.2, -0.15) is 5.48 Å². The van der Waals surface area contributed by atoms with Gasteiger partial charge in [-0.25, -0.2) is 4.79 Å². The Morgan fingerprint density at radius 2 is 2.13 bits per heavy atom. The molecule has 0 unspecified atom stereocenters. The molecule has 0 radical (unpaired) electrons. The summed E-state index contributed by atoms with van der Waals surface area (Å²) >= 11 is 0. The van der Waals surface area contributed by atoms with Crippen LogP contribution in [0.25, 0.3) is 0 Å². The number of hydrogen-bond acceptors (Lipinski definition) is 3. The summed E-state index contributed by atoms with van der Waals surface area (Å²) in [6.45, 7) is 4.21. The number of hydroxylamine groups is 1. The first-order valence-corrected chi connectivity index (χ1v) is 4.65. The van der Waals surface area contributed by atoms with E-state index in [0.717, 1.165) is 16.7 Å². The highest BCUT2D eigenvalue weighted by atomic mass is 16.6. The SMILES string of the molecule is CONCc1cc(C)c(C)c(C(=O)O)c1. The van der Waals surface area contributed by atoms with E-state index in [9.17, 15) is 4.79 Å². The third kappa shape index (κ3) is 2.78. The van der Waals surface area contributed by atoms with Gasteiger partial charge in [-0.3, -0.25) is 0 Å². The fourth-order valence-corrected chi connectivity index (χ4v) is 1.41. The number of nitrogens with one attached hydrogen (secondary N) is 1. The number of benzene rings is 1. The van der Waals surface area contributed by atoms with Crippen LogP contribution >= 0.6 is 0 Å². The van der Waals surface area contributed by atoms with Crippen LogP contribution in [0.5, 0.6) is 0 Å². The van der Waals surface area contributed by atoms with E-state index in [0.29, 0.717) is 12.1 Å². The summed E-state index contributed by atoms with van der Waals surface area (Å²) in [7, 11) is 1.53. The summed E-state index contributed by atoms with van der Waals surface area (Å²) in [5.74, 6) is -0.894. The van der Waals surface area contributed by atoms with Gasteiger partial charge < -0.3 is 9.94 Å². The standard InChI is InChI=1S/C11H15NO3/c1-7-4-9(6-12-15-3)5-10(8(7)2)11(13)14/h4-5,12H,6H2,1-3H3,(H,13,14). The summed E-state index contributed by atoms with van der Waals surface area (Å²) < 4.78 is 0. The van der Waals surface area contributed by atoms with Crippen molar-refractivity contribution in [1.82, 2.24) is 5.48 Å². The van der Waals surface area contributed by atoms with Gasteiger partial charge in [-0.05, 0) is 36.6 Å². The second-order valence-electron chi connectivity index (χ2n) is 3.42. The van der Waals surface area contributed by atoms with Gasteiger partial charge in [0.15, 0.2) is 0 Å². The minimum atomic E-state index is -0.894. The van der Waals surface area contributed by atoms with Crippen LogP contribution in [-0.2, 0) is 11.4 Å². The molecule has 1 aromatic rings. The molecule has 15 heavy (non-hydrogen) atoms. The molecule has 82 valence electrons. The molecule has 1 aromatic carbocycles. The zero-order valence-corrected chi connectivity index (χ0v) is 9.13. The maximum Gasteiger partial charge on any atom is 0.335 e. The first kappa shape index (κ1) is 11.7. The van der Waals surface area contributed by atoms with Crippen molar-refractivity contribution in [1.29, 1.82) is 0 Å². The summed E-state index contributed by atoms with van der Waals surface area (Å²) in [5, 5.41) is 8.99. The Morgan fingerprint density at radius 1 is 1.47 bits per heavy atom. The molecule has 0 saturated heterocycles. The van der Waals surface area contributed by atoms with E-state index in [-0.39, 0.29) is 0 Å². The monoisotopic (exact) mass is 209 g/mol. The van der Waals surface area contributed by atoms with Crippen LogP contribution in [0, 0.1) is 13.8 Å². The van der Waals surface area contributed by atoms with Crippen LogP contribution in [0.4, 0.5) is 0 Å². The number of aromatic carboxylic acids is 1. The molecule has 0 saturated carbocycles. The van der Waals surface area contributed by atoms with Crippen LogP contribution in [0.2, 0.25) is 0 Å². The number of aryl methyl sites for hydroxylation is 1. The molecular weight excluding hydrogens is 194 g/mol. The van der Waals surface area contributed by atoms with Crippen molar-refractivity contribution in [2.45, 2.75) is 20.4 Å². The predicted octanol–water partition coefficient (Wildman–Crippen LogP) is 1.65. The first-order valence-electron chi connectivity index (χ1n) is 4.65. The highest BCUT2D eigenvalue weighted by molar-refractivity contribution is 5.90. The van der Waals surface area contributed by atoms with Crippen molar-refractivity contribution < 1.29 is 14.7 Å². The molecule has 1 rings (SSSR count). The van der Waals surface area contributed by atoms with E-state index >= 15 is 0 Å². The topological polar surface area (TPSA) is 58.6 Å². The van der Waals surface area contributed by atoms with E-state index < -0.39 is 5.97 Å². The molecule has 4 heteroatoms. The lowest BCUT2D eigenvalue weighted by Crippen LogP contribution is -2.12. The van der Waals surface area contributed by atoms with Crippen LogP contribution in [0.3, 0.4) is 0 Å². The number of carboxylic acid groups (broad SMARTS) is 1. The van der Waals surface area contributed by atoms with E-state index in [2.05, 4.69) is 5.48 Å². The van der Waals surface area contributed by atoms with E-state index in [1.165, 1.54) is 7.11 Å². The van der Waals surface area contributed by atoms with E-state index in [4.69, 9.17) is 9.94 Å². The number of rotatable bonds is 4. The average Bonchev–Trinajstić information content (AvgIpc) is 2.19. The van der Waals surface area contributed by atoms with Gasteiger partial charge >= 0.3 is 5.97 Å². The second-order valence-corrected chi connectivity index (χ2v) is 3.42. The lowest BCUT2D eigenvalue weighted by molar-refractivity contribution is 0.0695.